The molecule has 104 valence electrons. The molecule has 4 nitrogen and oxygen atoms in total. The maximum absolute atomic E-state index is 12.2. The summed E-state index contributed by atoms with van der Waals surface area (Å²) in [5.41, 5.74) is 6.61. The van der Waals surface area contributed by atoms with E-state index in [9.17, 15) is 4.79 Å². The van der Waals surface area contributed by atoms with Crippen molar-refractivity contribution in [3.05, 3.63) is 22.2 Å². The number of nitrogen functional groups attached to an aromatic ring is 1. The first-order valence-electron chi connectivity index (χ1n) is 6.17. The number of nitrogens with zero attached hydrogens (tertiary/aromatic N) is 1. The van der Waals surface area contributed by atoms with Crippen LogP contribution in [0.3, 0.4) is 0 Å². The van der Waals surface area contributed by atoms with Crippen LogP contribution in [0.2, 0.25) is 10.0 Å². The molecule has 0 spiro atoms. The van der Waals surface area contributed by atoms with Crippen molar-refractivity contribution in [2.45, 2.75) is 31.8 Å². The summed E-state index contributed by atoms with van der Waals surface area (Å²) in [5.74, 6) is -0.120. The van der Waals surface area contributed by atoms with Crippen LogP contribution in [-0.4, -0.2) is 29.9 Å². The second-order valence-electron chi connectivity index (χ2n) is 4.91. The van der Waals surface area contributed by atoms with Gasteiger partial charge in [-0.25, -0.2) is 0 Å². The van der Waals surface area contributed by atoms with E-state index >= 15 is 0 Å². The van der Waals surface area contributed by atoms with E-state index in [-0.39, 0.29) is 11.9 Å². The van der Waals surface area contributed by atoms with Crippen molar-refractivity contribution in [3.8, 4) is 0 Å². The number of hydrogen-bond acceptors (Lipinski definition) is 3. The molecule has 0 saturated heterocycles. The van der Waals surface area contributed by atoms with Crippen LogP contribution in [0.5, 0.6) is 0 Å². The molecule has 1 atom stereocenters. The Balaban J connectivity index is 2.10. The Labute approximate surface area is 122 Å². The van der Waals surface area contributed by atoms with Gasteiger partial charge < -0.3 is 11.1 Å². The van der Waals surface area contributed by atoms with Crippen LogP contribution in [0.4, 0.5) is 11.4 Å². The lowest BCUT2D eigenvalue weighted by molar-refractivity contribution is -0.120. The molecule has 19 heavy (non-hydrogen) atoms. The standard InChI is InChI=1S/C13H17Cl2N3O/c1-7(18(2)9-3-4-9)13(19)17-12-10(15)5-8(14)6-11(12)16/h5-7,9H,3-4,16H2,1-2H3,(H,17,19). The quantitative estimate of drug-likeness (QED) is 0.841. The van der Waals surface area contributed by atoms with Gasteiger partial charge in [-0.2, -0.15) is 0 Å². The van der Waals surface area contributed by atoms with Gasteiger partial charge in [0.2, 0.25) is 5.91 Å². The van der Waals surface area contributed by atoms with Gasteiger partial charge in [0.05, 0.1) is 22.4 Å². The number of hydrogen-bond donors (Lipinski definition) is 2. The molecular formula is C13H17Cl2N3O. The summed E-state index contributed by atoms with van der Waals surface area (Å²) >= 11 is 11.9. The fraction of sp³-hybridized carbons (Fsp3) is 0.462. The van der Waals surface area contributed by atoms with Gasteiger partial charge in [0.1, 0.15) is 0 Å². The van der Waals surface area contributed by atoms with Gasteiger partial charge in [0, 0.05) is 11.1 Å². The third-order valence-corrected chi connectivity index (χ3v) is 3.96. The SMILES string of the molecule is CC(C(=O)Nc1c(N)cc(Cl)cc1Cl)N(C)C1CC1. The average Bonchev–Trinajstić information content (AvgIpc) is 3.15. The van der Waals surface area contributed by atoms with E-state index in [2.05, 4.69) is 10.2 Å². The Morgan fingerprint density at radius 1 is 1.47 bits per heavy atom. The van der Waals surface area contributed by atoms with Crippen molar-refractivity contribution >= 4 is 40.5 Å². The Hall–Kier alpha value is -0.970. The molecule has 2 rings (SSSR count). The van der Waals surface area contributed by atoms with Crippen LogP contribution in [0.15, 0.2) is 12.1 Å². The van der Waals surface area contributed by atoms with Gasteiger partial charge in [0.15, 0.2) is 0 Å². The molecule has 0 heterocycles. The molecule has 0 bridgehead atoms. The van der Waals surface area contributed by atoms with Crippen LogP contribution in [-0.2, 0) is 4.79 Å². The van der Waals surface area contributed by atoms with Crippen molar-refractivity contribution in [1.82, 2.24) is 4.90 Å². The summed E-state index contributed by atoms with van der Waals surface area (Å²) in [7, 11) is 1.95. The number of nitrogens with two attached hydrogens (primary N) is 1. The molecule has 1 fully saturated rings. The Morgan fingerprint density at radius 2 is 2.11 bits per heavy atom. The highest BCUT2D eigenvalue weighted by Gasteiger charge is 2.32. The highest BCUT2D eigenvalue weighted by atomic mass is 35.5. The zero-order valence-electron chi connectivity index (χ0n) is 10.9. The summed E-state index contributed by atoms with van der Waals surface area (Å²) in [6.45, 7) is 1.87. The number of likely N-dealkylation sites (N-methyl/N-ethyl adjacent to an activating group) is 1. The van der Waals surface area contributed by atoms with Crippen LogP contribution >= 0.6 is 23.2 Å². The third kappa shape index (κ3) is 3.32. The van der Waals surface area contributed by atoms with Crippen molar-refractivity contribution in [3.63, 3.8) is 0 Å². The van der Waals surface area contributed by atoms with Crippen molar-refractivity contribution < 1.29 is 4.79 Å². The Kier molecular flexibility index (Phi) is 4.23. The summed E-state index contributed by atoms with van der Waals surface area (Å²) < 4.78 is 0. The van der Waals surface area contributed by atoms with Crippen molar-refractivity contribution in [2.75, 3.05) is 18.1 Å². The van der Waals surface area contributed by atoms with Crippen molar-refractivity contribution in [2.24, 2.45) is 0 Å². The minimum Gasteiger partial charge on any atom is -0.397 e. The summed E-state index contributed by atoms with van der Waals surface area (Å²) in [4.78, 5) is 14.2. The number of anilines is 2. The predicted octanol–water partition coefficient (Wildman–Crippen LogP) is 3.00. The van der Waals surface area contributed by atoms with E-state index < -0.39 is 0 Å². The molecule has 1 amide bonds. The Morgan fingerprint density at radius 3 is 2.63 bits per heavy atom. The largest absolute Gasteiger partial charge is 0.397 e. The molecule has 1 aromatic carbocycles. The first-order valence-corrected chi connectivity index (χ1v) is 6.93. The maximum atomic E-state index is 12.2. The zero-order valence-corrected chi connectivity index (χ0v) is 12.4. The summed E-state index contributed by atoms with van der Waals surface area (Å²) in [6, 6.07) is 3.42. The van der Waals surface area contributed by atoms with Gasteiger partial charge in [-0.1, -0.05) is 23.2 Å². The van der Waals surface area contributed by atoms with Gasteiger partial charge in [-0.3, -0.25) is 9.69 Å². The molecule has 0 aliphatic heterocycles. The summed E-state index contributed by atoms with van der Waals surface area (Å²) in [6.07, 6.45) is 2.30. The third-order valence-electron chi connectivity index (χ3n) is 3.45. The molecule has 6 heteroatoms. The molecule has 1 unspecified atom stereocenters. The second kappa shape index (κ2) is 5.57. The molecule has 1 aromatic rings. The number of rotatable bonds is 4. The number of amides is 1. The second-order valence-corrected chi connectivity index (χ2v) is 5.76. The minimum absolute atomic E-state index is 0.120. The smallest absolute Gasteiger partial charge is 0.241 e. The van der Waals surface area contributed by atoms with Gasteiger partial charge in [-0.05, 0) is 38.9 Å². The molecular weight excluding hydrogens is 285 g/mol. The number of nitrogens with one attached hydrogen (secondary N) is 1. The predicted molar refractivity (Wildman–Crippen MR) is 79.8 cm³/mol. The monoisotopic (exact) mass is 301 g/mol. The number of carbonyl (C=O) groups is 1. The van der Waals surface area contributed by atoms with Crippen LogP contribution in [0.1, 0.15) is 19.8 Å². The van der Waals surface area contributed by atoms with Crippen LogP contribution in [0.25, 0.3) is 0 Å². The zero-order chi connectivity index (χ0) is 14.2. The van der Waals surface area contributed by atoms with E-state index in [4.69, 9.17) is 28.9 Å². The van der Waals surface area contributed by atoms with Gasteiger partial charge >= 0.3 is 0 Å². The number of carbonyl (C=O) groups excluding carboxylic acids is 1. The molecule has 1 saturated carbocycles. The summed E-state index contributed by atoms with van der Waals surface area (Å²) in [5, 5.41) is 3.57. The molecule has 1 aliphatic rings. The highest BCUT2D eigenvalue weighted by Crippen LogP contribution is 2.33. The molecule has 0 radical (unpaired) electrons. The van der Waals surface area contributed by atoms with Crippen LogP contribution in [0, 0.1) is 0 Å². The minimum atomic E-state index is -0.223. The topological polar surface area (TPSA) is 58.4 Å². The van der Waals surface area contributed by atoms with Crippen molar-refractivity contribution in [1.29, 1.82) is 0 Å². The van der Waals surface area contributed by atoms with E-state index in [0.717, 1.165) is 12.8 Å². The van der Waals surface area contributed by atoms with Crippen LogP contribution < -0.4 is 11.1 Å². The Bertz CT molecular complexity index is 480. The van der Waals surface area contributed by atoms with E-state index in [1.807, 2.05) is 14.0 Å². The van der Waals surface area contributed by atoms with E-state index in [0.29, 0.717) is 27.5 Å². The first-order chi connectivity index (χ1) is 8.90. The highest BCUT2D eigenvalue weighted by molar-refractivity contribution is 6.37. The number of benzene rings is 1. The first kappa shape index (κ1) is 14.4. The molecule has 0 aromatic heterocycles. The maximum Gasteiger partial charge on any atom is 0.241 e. The lowest BCUT2D eigenvalue weighted by Gasteiger charge is -2.24. The van der Waals surface area contributed by atoms with Gasteiger partial charge in [-0.15, -0.1) is 0 Å². The normalized spacial score (nSPS) is 16.5. The molecule has 1 aliphatic carbocycles. The fourth-order valence-electron chi connectivity index (χ4n) is 1.94. The fourth-order valence-corrected chi connectivity index (χ4v) is 2.49. The lowest BCUT2D eigenvalue weighted by atomic mass is 10.2. The average molecular weight is 302 g/mol. The van der Waals surface area contributed by atoms with Gasteiger partial charge in [0.25, 0.3) is 0 Å². The lowest BCUT2D eigenvalue weighted by Crippen LogP contribution is -2.40. The van der Waals surface area contributed by atoms with E-state index in [1.165, 1.54) is 0 Å². The number of halogens is 2. The van der Waals surface area contributed by atoms with E-state index in [1.54, 1.807) is 12.1 Å². The molecule has 3 N–H and O–H groups in total.